The molecule has 0 aliphatic heterocycles. The molecule has 2 rings (SSSR count). The van der Waals surface area contributed by atoms with Gasteiger partial charge in [0.1, 0.15) is 5.75 Å². The van der Waals surface area contributed by atoms with E-state index in [9.17, 15) is 0 Å². The fourth-order valence-electron chi connectivity index (χ4n) is 2.25. The van der Waals surface area contributed by atoms with Gasteiger partial charge in [0, 0.05) is 33.9 Å². The first-order chi connectivity index (χ1) is 10.0. The molecule has 3 nitrogen and oxygen atoms in total. The van der Waals surface area contributed by atoms with E-state index in [4.69, 9.17) is 22.1 Å². The second-order valence-corrected chi connectivity index (χ2v) is 7.11. The lowest BCUT2D eigenvalue weighted by Gasteiger charge is -2.27. The van der Waals surface area contributed by atoms with Crippen LogP contribution in [0.5, 0.6) is 5.75 Å². The van der Waals surface area contributed by atoms with Gasteiger partial charge in [-0.1, -0.05) is 17.7 Å². The molecule has 1 atom stereocenters. The van der Waals surface area contributed by atoms with Crippen LogP contribution in [0.15, 0.2) is 34.1 Å². The van der Waals surface area contributed by atoms with Crippen LogP contribution in [0, 0.1) is 0 Å². The molecule has 0 aliphatic rings. The van der Waals surface area contributed by atoms with Gasteiger partial charge in [0.15, 0.2) is 0 Å². The molecule has 0 saturated heterocycles. The van der Waals surface area contributed by atoms with Crippen molar-refractivity contribution in [1.29, 1.82) is 0 Å². The Kier molecular flexibility index (Phi) is 6.08. The van der Waals surface area contributed by atoms with Crippen LogP contribution in [0.4, 0.5) is 0 Å². The Hall–Kier alpha value is -0.590. The van der Waals surface area contributed by atoms with Crippen LogP contribution in [-0.2, 0) is 6.54 Å². The molecule has 1 aromatic heterocycles. The Labute approximate surface area is 142 Å². The summed E-state index contributed by atoms with van der Waals surface area (Å²) in [5.74, 6) is 0.682. The maximum Gasteiger partial charge on any atom is 0.137 e. The van der Waals surface area contributed by atoms with Gasteiger partial charge in [-0.15, -0.1) is 11.3 Å². The zero-order valence-electron chi connectivity index (χ0n) is 12.0. The van der Waals surface area contributed by atoms with Crippen LogP contribution in [0.2, 0.25) is 5.02 Å². The number of hydrogen-bond donors (Lipinski definition) is 1. The number of ether oxygens (including phenoxy) is 1. The number of hydrogen-bond acceptors (Lipinski definition) is 4. The van der Waals surface area contributed by atoms with Gasteiger partial charge < -0.3 is 10.5 Å². The van der Waals surface area contributed by atoms with E-state index in [1.54, 1.807) is 18.4 Å². The number of benzene rings is 1. The minimum Gasteiger partial charge on any atom is -0.495 e. The number of nitrogens with two attached hydrogens (primary N) is 1. The van der Waals surface area contributed by atoms with Gasteiger partial charge in [0.05, 0.1) is 12.1 Å². The predicted octanol–water partition coefficient (Wildman–Crippen LogP) is 4.30. The Morgan fingerprint density at radius 3 is 2.71 bits per heavy atom. The van der Waals surface area contributed by atoms with Crippen molar-refractivity contribution in [2.24, 2.45) is 5.73 Å². The lowest BCUT2D eigenvalue weighted by atomic mass is 10.1. The smallest absolute Gasteiger partial charge is 0.137 e. The average molecular weight is 390 g/mol. The van der Waals surface area contributed by atoms with Gasteiger partial charge in [-0.05, 0) is 46.7 Å². The molecule has 1 aromatic carbocycles. The summed E-state index contributed by atoms with van der Waals surface area (Å²) in [5, 5.41) is 2.70. The summed E-state index contributed by atoms with van der Waals surface area (Å²) in [6.45, 7) is 1.38. The fraction of sp³-hybridized carbons (Fsp3) is 0.333. The van der Waals surface area contributed by atoms with E-state index in [0.717, 1.165) is 16.6 Å². The van der Waals surface area contributed by atoms with Crippen molar-refractivity contribution >= 4 is 38.9 Å². The van der Waals surface area contributed by atoms with E-state index in [2.05, 4.69) is 39.3 Å². The summed E-state index contributed by atoms with van der Waals surface area (Å²) in [7, 11) is 3.69. The van der Waals surface area contributed by atoms with Gasteiger partial charge in [-0.2, -0.15) is 0 Å². The van der Waals surface area contributed by atoms with Crippen molar-refractivity contribution in [2.75, 3.05) is 20.7 Å². The third-order valence-corrected chi connectivity index (χ3v) is 5.32. The molecule has 1 unspecified atom stereocenters. The molecule has 0 bridgehead atoms. The molecule has 1 heterocycles. The molecule has 0 saturated carbocycles. The zero-order valence-corrected chi connectivity index (χ0v) is 15.1. The molecule has 6 heteroatoms. The van der Waals surface area contributed by atoms with Crippen molar-refractivity contribution in [3.63, 3.8) is 0 Å². The fourth-order valence-corrected chi connectivity index (χ4v) is 4.03. The minimum atomic E-state index is 0.120. The van der Waals surface area contributed by atoms with Gasteiger partial charge in [-0.3, -0.25) is 4.90 Å². The highest BCUT2D eigenvalue weighted by molar-refractivity contribution is 9.10. The largest absolute Gasteiger partial charge is 0.495 e. The quantitative estimate of drug-likeness (QED) is 0.800. The topological polar surface area (TPSA) is 38.5 Å². The molecule has 114 valence electrons. The maximum absolute atomic E-state index is 6.21. The first-order valence-electron chi connectivity index (χ1n) is 6.51. The van der Waals surface area contributed by atoms with Crippen molar-refractivity contribution in [2.45, 2.75) is 12.6 Å². The summed E-state index contributed by atoms with van der Waals surface area (Å²) in [6, 6.07) is 8.09. The number of nitrogens with zero attached hydrogens (tertiary/aromatic N) is 1. The van der Waals surface area contributed by atoms with E-state index >= 15 is 0 Å². The number of rotatable bonds is 6. The summed E-state index contributed by atoms with van der Waals surface area (Å²) < 4.78 is 6.31. The molecule has 0 amide bonds. The molecule has 0 fully saturated rings. The number of halogens is 2. The second kappa shape index (κ2) is 7.61. The third kappa shape index (κ3) is 4.20. The minimum absolute atomic E-state index is 0.120. The molecule has 2 N–H and O–H groups in total. The average Bonchev–Trinajstić information content (AvgIpc) is 2.85. The summed E-state index contributed by atoms with van der Waals surface area (Å²) >= 11 is 11.4. The number of thiophene rings is 1. The first-order valence-corrected chi connectivity index (χ1v) is 8.57. The molecule has 0 spiro atoms. The Morgan fingerprint density at radius 1 is 1.43 bits per heavy atom. The van der Waals surface area contributed by atoms with Crippen LogP contribution in [0.1, 0.15) is 16.5 Å². The van der Waals surface area contributed by atoms with Gasteiger partial charge in [0.2, 0.25) is 0 Å². The summed E-state index contributed by atoms with van der Waals surface area (Å²) in [6.07, 6.45) is 0. The van der Waals surface area contributed by atoms with Crippen LogP contribution >= 0.6 is 38.9 Å². The van der Waals surface area contributed by atoms with Gasteiger partial charge in [0.25, 0.3) is 0 Å². The monoisotopic (exact) mass is 388 g/mol. The number of likely N-dealkylation sites (N-methyl/N-ethyl adjacent to an activating group) is 1. The van der Waals surface area contributed by atoms with E-state index in [1.165, 1.54) is 4.88 Å². The maximum atomic E-state index is 6.21. The van der Waals surface area contributed by atoms with Crippen molar-refractivity contribution in [3.8, 4) is 5.75 Å². The summed E-state index contributed by atoms with van der Waals surface area (Å²) in [4.78, 5) is 3.53. The highest BCUT2D eigenvalue weighted by Crippen LogP contribution is 2.30. The van der Waals surface area contributed by atoms with E-state index in [-0.39, 0.29) is 6.04 Å². The summed E-state index contributed by atoms with van der Waals surface area (Å²) in [5.41, 5.74) is 7.06. The first kappa shape index (κ1) is 16.8. The van der Waals surface area contributed by atoms with Crippen molar-refractivity contribution < 1.29 is 4.74 Å². The molecular formula is C15H18BrClN2OS. The van der Waals surface area contributed by atoms with Gasteiger partial charge in [-0.25, -0.2) is 0 Å². The highest BCUT2D eigenvalue weighted by Gasteiger charge is 2.17. The molecule has 21 heavy (non-hydrogen) atoms. The zero-order chi connectivity index (χ0) is 15.4. The van der Waals surface area contributed by atoms with Crippen molar-refractivity contribution in [1.82, 2.24) is 4.90 Å². The molecule has 0 aliphatic carbocycles. The van der Waals surface area contributed by atoms with Crippen LogP contribution < -0.4 is 10.5 Å². The predicted molar refractivity (Wildman–Crippen MR) is 93.3 cm³/mol. The molecule has 2 aromatic rings. The van der Waals surface area contributed by atoms with Crippen molar-refractivity contribution in [3.05, 3.63) is 49.6 Å². The van der Waals surface area contributed by atoms with E-state index in [0.29, 0.717) is 17.3 Å². The second-order valence-electron chi connectivity index (χ2n) is 4.79. The Bertz CT molecular complexity index is 605. The van der Waals surface area contributed by atoms with E-state index < -0.39 is 0 Å². The van der Waals surface area contributed by atoms with Crippen LogP contribution in [-0.4, -0.2) is 25.6 Å². The third-order valence-electron chi connectivity index (χ3n) is 3.34. The van der Waals surface area contributed by atoms with Crippen LogP contribution in [0.3, 0.4) is 0 Å². The lowest BCUT2D eigenvalue weighted by molar-refractivity contribution is 0.243. The Balaban J connectivity index is 2.16. The SMILES string of the molecule is COc1ccc(C(CN)N(C)Cc2cc(Br)cs2)cc1Cl. The molecule has 0 radical (unpaired) electrons. The normalized spacial score (nSPS) is 12.7. The lowest BCUT2D eigenvalue weighted by Crippen LogP contribution is -2.29. The standard InChI is InChI=1S/C15H18BrClN2OS/c1-19(8-12-6-11(16)9-21-12)14(7-18)10-3-4-15(20-2)13(17)5-10/h3-6,9,14H,7-8,18H2,1-2H3. The van der Waals surface area contributed by atoms with Gasteiger partial charge >= 0.3 is 0 Å². The Morgan fingerprint density at radius 2 is 2.19 bits per heavy atom. The van der Waals surface area contributed by atoms with Crippen LogP contribution in [0.25, 0.3) is 0 Å². The number of methoxy groups -OCH3 is 1. The highest BCUT2D eigenvalue weighted by atomic mass is 79.9. The van der Waals surface area contributed by atoms with E-state index in [1.807, 2.05) is 18.2 Å². The molecular weight excluding hydrogens is 372 g/mol.